The monoisotopic (exact) mass is 317 g/mol. The molecule has 0 amide bonds. The fourth-order valence-corrected chi connectivity index (χ4v) is 2.74. The topological polar surface area (TPSA) is 59.6 Å². The normalized spacial score (nSPS) is 11.7. The molecule has 22 heavy (non-hydrogen) atoms. The zero-order chi connectivity index (χ0) is 15.9. The third-order valence-electron chi connectivity index (χ3n) is 3.17. The van der Waals surface area contributed by atoms with Crippen LogP contribution >= 0.6 is 11.3 Å². The number of benzene rings is 1. The fourth-order valence-electron chi connectivity index (χ4n) is 1.93. The van der Waals surface area contributed by atoms with Crippen molar-refractivity contribution in [1.29, 1.82) is 0 Å². The van der Waals surface area contributed by atoms with E-state index in [0.29, 0.717) is 18.4 Å². The third-order valence-corrected chi connectivity index (χ3v) is 4.10. The van der Waals surface area contributed by atoms with Crippen LogP contribution in [0.5, 0.6) is 5.75 Å². The molecule has 1 heterocycles. The summed E-state index contributed by atoms with van der Waals surface area (Å²) in [6, 6.07) is 10.2. The molecule has 0 aliphatic heterocycles. The van der Waals surface area contributed by atoms with Crippen LogP contribution in [0, 0.1) is 5.92 Å². The summed E-state index contributed by atoms with van der Waals surface area (Å²) < 4.78 is 5.18. The van der Waals surface area contributed by atoms with Gasteiger partial charge in [-0.2, -0.15) is 0 Å². The Morgan fingerprint density at radius 1 is 1.27 bits per heavy atom. The molecule has 0 atom stereocenters. The molecule has 3 N–H and O–H groups in total. The van der Waals surface area contributed by atoms with Gasteiger partial charge >= 0.3 is 0 Å². The maximum Gasteiger partial charge on any atom is 0.188 e. The Labute approximate surface area is 136 Å². The van der Waals surface area contributed by atoms with Crippen LogP contribution in [0.1, 0.15) is 18.7 Å². The molecule has 0 fully saturated rings. The van der Waals surface area contributed by atoms with Gasteiger partial charge in [-0.05, 0) is 40.6 Å². The summed E-state index contributed by atoms with van der Waals surface area (Å²) in [5, 5.41) is 5.27. The lowest BCUT2D eigenvalue weighted by Crippen LogP contribution is -2.34. The van der Waals surface area contributed by atoms with Crippen molar-refractivity contribution in [1.82, 2.24) is 5.32 Å². The number of nitrogens with two attached hydrogens (primary N) is 1. The van der Waals surface area contributed by atoms with Crippen molar-refractivity contribution in [3.05, 3.63) is 40.6 Å². The van der Waals surface area contributed by atoms with Crippen LogP contribution < -0.4 is 15.8 Å². The van der Waals surface area contributed by atoms with Crippen molar-refractivity contribution in [3.8, 4) is 16.9 Å². The molecule has 0 unspecified atom stereocenters. The van der Waals surface area contributed by atoms with Crippen molar-refractivity contribution in [3.63, 3.8) is 0 Å². The van der Waals surface area contributed by atoms with E-state index in [1.54, 1.807) is 18.4 Å². The summed E-state index contributed by atoms with van der Waals surface area (Å²) in [6.07, 6.45) is 0. The number of rotatable bonds is 6. The lowest BCUT2D eigenvalue weighted by atomic mass is 10.1. The molecule has 1 aromatic heterocycles. The van der Waals surface area contributed by atoms with Crippen molar-refractivity contribution >= 4 is 17.3 Å². The van der Waals surface area contributed by atoms with E-state index in [-0.39, 0.29) is 0 Å². The molecular weight excluding hydrogens is 294 g/mol. The molecule has 4 nitrogen and oxygen atoms in total. The second kappa shape index (κ2) is 7.84. The first-order valence-corrected chi connectivity index (χ1v) is 8.22. The molecule has 2 rings (SSSR count). The smallest absolute Gasteiger partial charge is 0.188 e. The number of methoxy groups -OCH3 is 1. The molecule has 0 bridgehead atoms. The highest BCUT2D eigenvalue weighted by molar-refractivity contribution is 7.10. The van der Waals surface area contributed by atoms with Gasteiger partial charge in [0.2, 0.25) is 0 Å². The number of hydrogen-bond donors (Lipinski definition) is 2. The summed E-state index contributed by atoms with van der Waals surface area (Å²) in [6.45, 7) is 5.73. The molecule has 2 aromatic rings. The van der Waals surface area contributed by atoms with Crippen molar-refractivity contribution in [2.24, 2.45) is 16.6 Å². The summed E-state index contributed by atoms with van der Waals surface area (Å²) in [5.74, 6) is 1.93. The SMILES string of the molecule is COc1ccc(-c2csc(CN=C(N)NCC(C)C)c2)cc1. The Hall–Kier alpha value is -2.01. The molecule has 1 aromatic carbocycles. The molecule has 0 saturated heterocycles. The Balaban J connectivity index is 1.97. The van der Waals surface area contributed by atoms with Crippen LogP contribution in [0.4, 0.5) is 0 Å². The average Bonchev–Trinajstić information content (AvgIpc) is 3.00. The minimum atomic E-state index is 0.507. The van der Waals surface area contributed by atoms with Crippen molar-refractivity contribution in [2.75, 3.05) is 13.7 Å². The highest BCUT2D eigenvalue weighted by Crippen LogP contribution is 2.27. The van der Waals surface area contributed by atoms with Crippen LogP contribution in [-0.4, -0.2) is 19.6 Å². The van der Waals surface area contributed by atoms with Gasteiger partial charge in [0.25, 0.3) is 0 Å². The number of hydrogen-bond acceptors (Lipinski definition) is 3. The standard InChI is InChI=1S/C17H23N3OS/c1-12(2)9-19-17(18)20-10-16-8-14(11-22-16)13-4-6-15(21-3)7-5-13/h4-8,11-12H,9-10H2,1-3H3,(H3,18,19,20). The molecule has 118 valence electrons. The molecule has 0 aliphatic rings. The Morgan fingerprint density at radius 3 is 2.64 bits per heavy atom. The van der Waals surface area contributed by atoms with Gasteiger partial charge in [-0.3, -0.25) is 0 Å². The van der Waals surface area contributed by atoms with Gasteiger partial charge in [-0.1, -0.05) is 26.0 Å². The Kier molecular flexibility index (Phi) is 5.83. The molecule has 0 saturated carbocycles. The van der Waals surface area contributed by atoms with Crippen molar-refractivity contribution < 1.29 is 4.74 Å². The van der Waals surface area contributed by atoms with Gasteiger partial charge < -0.3 is 15.8 Å². The highest BCUT2D eigenvalue weighted by Gasteiger charge is 2.03. The van der Waals surface area contributed by atoms with E-state index in [4.69, 9.17) is 10.5 Å². The summed E-state index contributed by atoms with van der Waals surface area (Å²) >= 11 is 1.70. The number of ether oxygens (including phenoxy) is 1. The zero-order valence-electron chi connectivity index (χ0n) is 13.3. The van der Waals surface area contributed by atoms with Crippen LogP contribution in [-0.2, 0) is 6.54 Å². The van der Waals surface area contributed by atoms with Gasteiger partial charge in [0.15, 0.2) is 5.96 Å². The minimum absolute atomic E-state index is 0.507. The molecule has 0 aliphatic carbocycles. The van der Waals surface area contributed by atoms with Crippen molar-refractivity contribution in [2.45, 2.75) is 20.4 Å². The lowest BCUT2D eigenvalue weighted by Gasteiger charge is -2.07. The summed E-state index contributed by atoms with van der Waals surface area (Å²) in [5.41, 5.74) is 8.23. The maximum atomic E-state index is 5.85. The van der Waals surface area contributed by atoms with E-state index in [1.165, 1.54) is 16.0 Å². The first-order valence-electron chi connectivity index (χ1n) is 7.34. The minimum Gasteiger partial charge on any atom is -0.497 e. The Morgan fingerprint density at radius 2 is 2.00 bits per heavy atom. The maximum absolute atomic E-state index is 5.85. The first kappa shape index (κ1) is 16.4. The quantitative estimate of drug-likeness (QED) is 0.633. The Bertz CT molecular complexity index is 617. The number of thiophene rings is 1. The fraction of sp³-hybridized carbons (Fsp3) is 0.353. The molecule has 0 spiro atoms. The third kappa shape index (κ3) is 4.77. The van der Waals surface area contributed by atoms with Crippen LogP contribution in [0.15, 0.2) is 40.7 Å². The summed E-state index contributed by atoms with van der Waals surface area (Å²) in [4.78, 5) is 5.57. The second-order valence-corrected chi connectivity index (χ2v) is 6.50. The van der Waals surface area contributed by atoms with E-state index >= 15 is 0 Å². The predicted molar refractivity (Wildman–Crippen MR) is 94.5 cm³/mol. The first-order chi connectivity index (χ1) is 10.6. The lowest BCUT2D eigenvalue weighted by molar-refractivity contribution is 0.415. The van der Waals surface area contributed by atoms with E-state index in [9.17, 15) is 0 Å². The molecule has 5 heteroatoms. The number of aliphatic imine (C=N–C) groups is 1. The van der Waals surface area contributed by atoms with E-state index < -0.39 is 0 Å². The van der Waals surface area contributed by atoms with E-state index in [0.717, 1.165) is 12.3 Å². The number of nitrogens with one attached hydrogen (secondary N) is 1. The summed E-state index contributed by atoms with van der Waals surface area (Å²) in [7, 11) is 1.67. The van der Waals surface area contributed by atoms with Gasteiger partial charge in [-0.15, -0.1) is 11.3 Å². The second-order valence-electron chi connectivity index (χ2n) is 5.51. The van der Waals surface area contributed by atoms with Gasteiger partial charge in [-0.25, -0.2) is 4.99 Å². The zero-order valence-corrected chi connectivity index (χ0v) is 14.1. The number of nitrogens with zero attached hydrogens (tertiary/aromatic N) is 1. The highest BCUT2D eigenvalue weighted by atomic mass is 32.1. The largest absolute Gasteiger partial charge is 0.497 e. The van der Waals surface area contributed by atoms with Crippen LogP contribution in [0.3, 0.4) is 0 Å². The molecular formula is C17H23N3OS. The van der Waals surface area contributed by atoms with Gasteiger partial charge in [0.1, 0.15) is 5.75 Å². The van der Waals surface area contributed by atoms with E-state index in [2.05, 4.69) is 47.7 Å². The van der Waals surface area contributed by atoms with Gasteiger partial charge in [0.05, 0.1) is 13.7 Å². The van der Waals surface area contributed by atoms with Crippen LogP contribution in [0.2, 0.25) is 0 Å². The average molecular weight is 317 g/mol. The van der Waals surface area contributed by atoms with E-state index in [1.807, 2.05) is 12.1 Å². The van der Waals surface area contributed by atoms with Crippen LogP contribution in [0.25, 0.3) is 11.1 Å². The molecule has 0 radical (unpaired) electrons. The number of guanidine groups is 1. The predicted octanol–water partition coefficient (Wildman–Crippen LogP) is 3.48. The van der Waals surface area contributed by atoms with Gasteiger partial charge in [0, 0.05) is 11.4 Å².